The summed E-state index contributed by atoms with van der Waals surface area (Å²) in [5, 5.41) is 1.48. The van der Waals surface area contributed by atoms with Gasteiger partial charge in [0, 0.05) is 16.8 Å². The van der Waals surface area contributed by atoms with Gasteiger partial charge >= 0.3 is 0 Å². The lowest BCUT2D eigenvalue weighted by Crippen LogP contribution is -2.57. The maximum absolute atomic E-state index is 2.76. The van der Waals surface area contributed by atoms with Crippen LogP contribution in [0.1, 0.15) is 63.1 Å². The molecule has 3 unspecified atom stereocenters. The Hall–Kier alpha value is -2.62. The molecule has 0 radical (unpaired) electrons. The van der Waals surface area contributed by atoms with Gasteiger partial charge < -0.3 is 9.47 Å². The molecule has 0 amide bonds. The van der Waals surface area contributed by atoms with Gasteiger partial charge in [-0.1, -0.05) is 79.8 Å². The first-order chi connectivity index (χ1) is 19.7. The predicted molar refractivity (Wildman–Crippen MR) is 175 cm³/mol. The number of aromatic nitrogens is 1. The number of benzene rings is 1. The molecule has 3 heteroatoms. The second-order valence-electron chi connectivity index (χ2n) is 13.2. The van der Waals surface area contributed by atoms with Crippen LogP contribution in [0.2, 0.25) is 22.2 Å². The monoisotopic (exact) mass is 546 g/mol. The van der Waals surface area contributed by atoms with Gasteiger partial charge in [0.25, 0.3) is 0 Å². The Labute approximate surface area is 242 Å². The van der Waals surface area contributed by atoms with Crippen LogP contribution in [-0.2, 0) is 6.42 Å². The van der Waals surface area contributed by atoms with E-state index in [2.05, 4.69) is 115 Å². The van der Waals surface area contributed by atoms with Gasteiger partial charge in [-0.2, -0.15) is 0 Å². The highest BCUT2D eigenvalue weighted by molar-refractivity contribution is 6.86. The minimum Gasteiger partial charge on any atom is -0.310 e. The SMILES string of the molecule is C[C@@H]1C=CCCC1[Si](C1C=Cc2c(c3ccccc3n2C2=CCCC=C2)C1)(C1CCN(C)CC1)[C@H]1C=CC=CC1. The zero-order chi connectivity index (χ0) is 27.1. The molecule has 2 nitrogen and oxygen atoms in total. The Balaban J connectivity index is 1.39. The van der Waals surface area contributed by atoms with Crippen LogP contribution in [-0.4, -0.2) is 37.7 Å². The molecule has 4 aliphatic carbocycles. The first-order valence-corrected chi connectivity index (χ1v) is 18.3. The summed E-state index contributed by atoms with van der Waals surface area (Å²) in [6.45, 7) is 5.10. The third-order valence-corrected chi connectivity index (χ3v) is 18.7. The third-order valence-electron chi connectivity index (χ3n) is 11.2. The van der Waals surface area contributed by atoms with E-state index >= 15 is 0 Å². The van der Waals surface area contributed by atoms with Crippen molar-refractivity contribution in [1.29, 1.82) is 0 Å². The van der Waals surface area contributed by atoms with Crippen LogP contribution in [0.4, 0.5) is 0 Å². The van der Waals surface area contributed by atoms with Crippen molar-refractivity contribution >= 4 is 30.7 Å². The van der Waals surface area contributed by atoms with Gasteiger partial charge in [-0.25, -0.2) is 0 Å². The highest BCUT2D eigenvalue weighted by atomic mass is 28.3. The number of piperidine rings is 1. The maximum Gasteiger partial charge on any atom is 0.0748 e. The molecule has 0 saturated carbocycles. The van der Waals surface area contributed by atoms with Gasteiger partial charge in [-0.05, 0) is 123 Å². The highest BCUT2D eigenvalue weighted by Gasteiger charge is 2.57. The van der Waals surface area contributed by atoms with Gasteiger partial charge in [0.05, 0.1) is 13.6 Å². The van der Waals surface area contributed by atoms with Crippen molar-refractivity contribution in [3.05, 3.63) is 96.3 Å². The smallest absolute Gasteiger partial charge is 0.0748 e. The van der Waals surface area contributed by atoms with Crippen molar-refractivity contribution in [2.75, 3.05) is 20.1 Å². The van der Waals surface area contributed by atoms with E-state index in [1.54, 1.807) is 5.56 Å². The molecule has 0 spiro atoms. The summed E-state index contributed by atoms with van der Waals surface area (Å²) >= 11 is 0. The molecule has 7 rings (SSSR count). The van der Waals surface area contributed by atoms with Crippen LogP contribution >= 0.6 is 0 Å². The van der Waals surface area contributed by atoms with E-state index in [1.165, 1.54) is 73.9 Å². The highest BCUT2D eigenvalue weighted by Crippen LogP contribution is 2.61. The largest absolute Gasteiger partial charge is 0.310 e. The molecule has 1 saturated heterocycles. The third kappa shape index (κ3) is 4.32. The van der Waals surface area contributed by atoms with E-state index in [4.69, 9.17) is 0 Å². The van der Waals surface area contributed by atoms with Gasteiger partial charge in [0.2, 0.25) is 0 Å². The zero-order valence-electron chi connectivity index (χ0n) is 24.5. The van der Waals surface area contributed by atoms with E-state index in [-0.39, 0.29) is 0 Å². The molecular weight excluding hydrogens is 501 g/mol. The summed E-state index contributed by atoms with van der Waals surface area (Å²) in [6.07, 6.45) is 37.7. The first kappa shape index (κ1) is 26.3. The summed E-state index contributed by atoms with van der Waals surface area (Å²) < 4.78 is 2.57. The average Bonchev–Trinajstić information content (AvgIpc) is 3.34. The van der Waals surface area contributed by atoms with Crippen molar-refractivity contribution < 1.29 is 0 Å². The van der Waals surface area contributed by atoms with Gasteiger partial charge in [0.1, 0.15) is 0 Å². The van der Waals surface area contributed by atoms with E-state index < -0.39 is 8.07 Å². The standard InChI is InChI=1S/C37H46N2Si/c1-28-13-9-12-20-37(28)40(30-16-7-4-8-17-30,31-23-25-38(2)26-24-31)32-21-22-36-34(27-32)33-18-10-11-19-35(33)39(36)29-14-5-3-6-15-29/h4-5,7-11,13-16,18-19,21-22,28,30-32,37H,3,6,12,17,20,23-27H2,1-2H3/t28-,30+,32?,37?,40?/m1/s1. The summed E-state index contributed by atoms with van der Waals surface area (Å²) in [6, 6.07) is 9.24. The molecule has 1 aliphatic heterocycles. The molecule has 5 atom stereocenters. The van der Waals surface area contributed by atoms with E-state index in [0.717, 1.165) is 29.5 Å². The number of hydrogen-bond acceptors (Lipinski definition) is 1. The Morgan fingerprint density at radius 2 is 1.70 bits per heavy atom. The molecule has 208 valence electrons. The first-order valence-electron chi connectivity index (χ1n) is 16.0. The topological polar surface area (TPSA) is 8.17 Å². The zero-order valence-corrected chi connectivity index (χ0v) is 25.5. The summed E-state index contributed by atoms with van der Waals surface area (Å²) in [5.74, 6) is 0.688. The van der Waals surface area contributed by atoms with Crippen molar-refractivity contribution in [3.63, 3.8) is 0 Å². The fraction of sp³-hybridized carbons (Fsp3) is 0.459. The van der Waals surface area contributed by atoms with Crippen LogP contribution in [0.25, 0.3) is 22.7 Å². The predicted octanol–water partition coefficient (Wildman–Crippen LogP) is 9.56. The molecule has 2 aromatic rings. The van der Waals surface area contributed by atoms with Crippen molar-refractivity contribution in [1.82, 2.24) is 9.47 Å². The normalized spacial score (nSPS) is 30.4. The molecule has 0 N–H and O–H groups in total. The van der Waals surface area contributed by atoms with Crippen LogP contribution < -0.4 is 0 Å². The van der Waals surface area contributed by atoms with Gasteiger partial charge in [0.15, 0.2) is 0 Å². The molecule has 2 heterocycles. The van der Waals surface area contributed by atoms with Gasteiger partial charge in [-0.15, -0.1) is 0 Å². The summed E-state index contributed by atoms with van der Waals surface area (Å²) in [5.41, 5.74) is 8.95. The Kier molecular flexibility index (Phi) is 7.22. The van der Waals surface area contributed by atoms with Crippen LogP contribution in [0.15, 0.2) is 85.0 Å². The fourth-order valence-electron chi connectivity index (χ4n) is 9.48. The number of fused-ring (bicyclic) bond motifs is 3. The Morgan fingerprint density at radius 1 is 0.825 bits per heavy atom. The van der Waals surface area contributed by atoms with Crippen LogP contribution in [0.3, 0.4) is 0 Å². The molecule has 0 bridgehead atoms. The fourth-order valence-corrected chi connectivity index (χ4v) is 17.9. The van der Waals surface area contributed by atoms with Crippen LogP contribution in [0.5, 0.6) is 0 Å². The van der Waals surface area contributed by atoms with Crippen molar-refractivity contribution in [2.24, 2.45) is 5.92 Å². The van der Waals surface area contributed by atoms with Crippen LogP contribution in [0, 0.1) is 5.92 Å². The van der Waals surface area contributed by atoms with Crippen molar-refractivity contribution in [3.8, 4) is 0 Å². The number of rotatable bonds is 5. The Bertz CT molecular complexity index is 1430. The lowest BCUT2D eigenvalue weighted by atomic mass is 9.97. The summed E-state index contributed by atoms with van der Waals surface area (Å²) in [4.78, 5) is 2.59. The molecule has 1 fully saturated rings. The minimum absolute atomic E-state index is 0.684. The van der Waals surface area contributed by atoms with E-state index in [9.17, 15) is 0 Å². The summed E-state index contributed by atoms with van der Waals surface area (Å²) in [7, 11) is 0.426. The molecule has 40 heavy (non-hydrogen) atoms. The molecule has 5 aliphatic rings. The quantitative estimate of drug-likeness (QED) is 0.268. The minimum atomic E-state index is -1.91. The average molecular weight is 547 g/mol. The molecular formula is C37H46N2Si. The van der Waals surface area contributed by atoms with Crippen molar-refractivity contribution in [2.45, 2.75) is 80.5 Å². The molecule has 1 aromatic carbocycles. The lowest BCUT2D eigenvalue weighted by Gasteiger charge is -2.57. The number of nitrogens with zero attached hydrogens (tertiary/aromatic N) is 2. The number of hydrogen-bond donors (Lipinski definition) is 0. The van der Waals surface area contributed by atoms with Gasteiger partial charge in [-0.3, -0.25) is 0 Å². The Morgan fingerprint density at radius 3 is 2.48 bits per heavy atom. The maximum atomic E-state index is 2.76. The van der Waals surface area contributed by atoms with E-state index in [1.807, 2.05) is 0 Å². The second-order valence-corrected chi connectivity index (χ2v) is 18.2. The molecule has 1 aromatic heterocycles. The second kappa shape index (κ2) is 11.0. The number of allylic oxidation sites excluding steroid dienone is 11. The lowest BCUT2D eigenvalue weighted by molar-refractivity contribution is 0.269. The number of likely N-dealkylation sites (tertiary alicyclic amines) is 1. The number of para-hydroxylation sites is 1. The van der Waals surface area contributed by atoms with E-state index in [0.29, 0.717) is 11.5 Å².